The Morgan fingerprint density at radius 3 is 2.79 bits per heavy atom. The van der Waals surface area contributed by atoms with Crippen molar-refractivity contribution in [2.24, 2.45) is 5.73 Å². The summed E-state index contributed by atoms with van der Waals surface area (Å²) in [6, 6.07) is 5.50. The predicted molar refractivity (Wildman–Crippen MR) is 79.7 cm³/mol. The Labute approximate surface area is 123 Å². The quantitative estimate of drug-likeness (QED) is 0.920. The fourth-order valence-corrected chi connectivity index (χ4v) is 2.58. The molecule has 0 saturated heterocycles. The fourth-order valence-electron chi connectivity index (χ4n) is 2.09. The maximum atomic E-state index is 6.18. The van der Waals surface area contributed by atoms with Gasteiger partial charge in [-0.2, -0.15) is 0 Å². The number of rotatable bonds is 5. The van der Waals surface area contributed by atoms with Gasteiger partial charge in [0.1, 0.15) is 5.82 Å². The van der Waals surface area contributed by atoms with Crippen LogP contribution in [0.2, 0.25) is 10.0 Å². The van der Waals surface area contributed by atoms with Crippen molar-refractivity contribution in [1.82, 2.24) is 9.55 Å². The Hall–Kier alpha value is -1.03. The molecular weight excluding hydrogens is 281 g/mol. The number of hydrogen-bond acceptors (Lipinski definition) is 2. The van der Waals surface area contributed by atoms with Gasteiger partial charge in [-0.15, -0.1) is 0 Å². The first-order chi connectivity index (χ1) is 9.10. The lowest BCUT2D eigenvalue weighted by atomic mass is 10.0. The van der Waals surface area contributed by atoms with E-state index in [1.165, 1.54) is 0 Å². The molecule has 0 amide bonds. The van der Waals surface area contributed by atoms with E-state index < -0.39 is 0 Å². The second kappa shape index (κ2) is 6.42. The minimum Gasteiger partial charge on any atom is -0.335 e. The Morgan fingerprint density at radius 2 is 2.11 bits per heavy atom. The molecule has 2 N–H and O–H groups in total. The van der Waals surface area contributed by atoms with Gasteiger partial charge in [-0.25, -0.2) is 4.98 Å². The smallest absolute Gasteiger partial charge is 0.110 e. The first-order valence-corrected chi connectivity index (χ1v) is 7.05. The van der Waals surface area contributed by atoms with Crippen LogP contribution in [0.3, 0.4) is 0 Å². The lowest BCUT2D eigenvalue weighted by molar-refractivity contribution is 0.602. The van der Waals surface area contributed by atoms with E-state index in [1.807, 2.05) is 18.3 Å². The van der Waals surface area contributed by atoms with Gasteiger partial charge in [0.15, 0.2) is 0 Å². The van der Waals surface area contributed by atoms with E-state index in [2.05, 4.69) is 16.5 Å². The van der Waals surface area contributed by atoms with Gasteiger partial charge in [-0.05, 0) is 31.0 Å². The second-order valence-electron chi connectivity index (χ2n) is 4.53. The van der Waals surface area contributed by atoms with E-state index in [0.717, 1.165) is 24.4 Å². The summed E-state index contributed by atoms with van der Waals surface area (Å²) in [6.07, 6.45) is 5.23. The largest absolute Gasteiger partial charge is 0.335 e. The summed E-state index contributed by atoms with van der Waals surface area (Å²) < 4.78 is 2.10. The number of nitrogens with two attached hydrogens (primary N) is 1. The van der Waals surface area contributed by atoms with Crippen LogP contribution < -0.4 is 5.73 Å². The van der Waals surface area contributed by atoms with Crippen molar-refractivity contribution in [3.8, 4) is 0 Å². The summed E-state index contributed by atoms with van der Waals surface area (Å²) in [5.74, 6) is 1.01. The van der Waals surface area contributed by atoms with Crippen LogP contribution in [0.15, 0.2) is 30.6 Å². The maximum Gasteiger partial charge on any atom is 0.110 e. The van der Waals surface area contributed by atoms with E-state index in [9.17, 15) is 0 Å². The number of aromatic nitrogens is 2. The first-order valence-electron chi connectivity index (χ1n) is 6.29. The Bertz CT molecular complexity index is 551. The van der Waals surface area contributed by atoms with Gasteiger partial charge in [0, 0.05) is 41.4 Å². The molecule has 0 spiro atoms. The molecule has 5 heteroatoms. The number of aryl methyl sites for hydroxylation is 1. The van der Waals surface area contributed by atoms with Crippen LogP contribution in [0.4, 0.5) is 0 Å². The average Bonchev–Trinajstić information content (AvgIpc) is 2.80. The van der Waals surface area contributed by atoms with E-state index in [-0.39, 0.29) is 6.04 Å². The standard InChI is InChI=1S/C14H17Cl2N3/c1-2-19-6-5-18-14(19)9-12(17)7-10-3-4-11(15)8-13(10)16/h3-6,8,12H,2,7,9,17H2,1H3. The summed E-state index contributed by atoms with van der Waals surface area (Å²) in [5, 5.41) is 1.31. The first kappa shape index (κ1) is 14.4. The van der Waals surface area contributed by atoms with Gasteiger partial charge in [0.25, 0.3) is 0 Å². The third kappa shape index (κ3) is 3.72. The minimum atomic E-state index is -0.00799. The van der Waals surface area contributed by atoms with Gasteiger partial charge in [0.2, 0.25) is 0 Å². The summed E-state index contributed by atoms with van der Waals surface area (Å²) >= 11 is 12.0. The summed E-state index contributed by atoms with van der Waals surface area (Å²) in [6.45, 7) is 3.00. The molecule has 0 aliphatic carbocycles. The molecule has 0 aliphatic rings. The summed E-state index contributed by atoms with van der Waals surface area (Å²) in [5.41, 5.74) is 7.20. The Balaban J connectivity index is 2.03. The third-order valence-corrected chi connectivity index (χ3v) is 3.67. The zero-order chi connectivity index (χ0) is 13.8. The molecule has 1 heterocycles. The van der Waals surface area contributed by atoms with E-state index in [4.69, 9.17) is 28.9 Å². The number of benzene rings is 1. The van der Waals surface area contributed by atoms with E-state index >= 15 is 0 Å². The molecule has 0 saturated carbocycles. The van der Waals surface area contributed by atoms with Gasteiger partial charge in [-0.3, -0.25) is 0 Å². The van der Waals surface area contributed by atoms with Crippen LogP contribution in [0.25, 0.3) is 0 Å². The highest BCUT2D eigenvalue weighted by molar-refractivity contribution is 6.35. The fraction of sp³-hybridized carbons (Fsp3) is 0.357. The number of halogens is 2. The summed E-state index contributed by atoms with van der Waals surface area (Å²) in [7, 11) is 0. The SMILES string of the molecule is CCn1ccnc1CC(N)Cc1ccc(Cl)cc1Cl. The van der Waals surface area contributed by atoms with E-state index in [1.54, 1.807) is 12.3 Å². The Morgan fingerprint density at radius 1 is 1.32 bits per heavy atom. The van der Waals surface area contributed by atoms with Crippen LogP contribution in [-0.4, -0.2) is 15.6 Å². The molecule has 1 atom stereocenters. The van der Waals surface area contributed by atoms with E-state index in [0.29, 0.717) is 16.5 Å². The molecular formula is C14H17Cl2N3. The van der Waals surface area contributed by atoms with Crippen molar-refractivity contribution in [2.45, 2.75) is 32.4 Å². The minimum absolute atomic E-state index is 0.00799. The molecule has 102 valence electrons. The number of hydrogen-bond donors (Lipinski definition) is 1. The maximum absolute atomic E-state index is 6.18. The van der Waals surface area contributed by atoms with Crippen LogP contribution in [0, 0.1) is 0 Å². The van der Waals surface area contributed by atoms with Gasteiger partial charge in [-0.1, -0.05) is 29.3 Å². The van der Waals surface area contributed by atoms with Gasteiger partial charge < -0.3 is 10.3 Å². The van der Waals surface area contributed by atoms with Crippen LogP contribution >= 0.6 is 23.2 Å². The molecule has 2 aromatic rings. The molecule has 0 bridgehead atoms. The van der Waals surface area contributed by atoms with Crippen molar-refractivity contribution in [3.05, 3.63) is 52.0 Å². The highest BCUT2D eigenvalue weighted by atomic mass is 35.5. The van der Waals surface area contributed by atoms with Crippen molar-refractivity contribution in [2.75, 3.05) is 0 Å². The Kier molecular flexibility index (Phi) is 4.86. The predicted octanol–water partition coefficient (Wildman–Crippen LogP) is 3.32. The molecule has 19 heavy (non-hydrogen) atoms. The van der Waals surface area contributed by atoms with Crippen molar-refractivity contribution in [1.29, 1.82) is 0 Å². The third-order valence-electron chi connectivity index (χ3n) is 3.08. The van der Waals surface area contributed by atoms with Crippen molar-refractivity contribution >= 4 is 23.2 Å². The topological polar surface area (TPSA) is 43.8 Å². The molecule has 2 rings (SSSR count). The van der Waals surface area contributed by atoms with Crippen molar-refractivity contribution < 1.29 is 0 Å². The number of imidazole rings is 1. The summed E-state index contributed by atoms with van der Waals surface area (Å²) in [4.78, 5) is 4.33. The zero-order valence-electron chi connectivity index (χ0n) is 10.8. The second-order valence-corrected chi connectivity index (χ2v) is 5.38. The monoisotopic (exact) mass is 297 g/mol. The van der Waals surface area contributed by atoms with Gasteiger partial charge >= 0.3 is 0 Å². The lowest BCUT2D eigenvalue weighted by Gasteiger charge is -2.13. The molecule has 1 aromatic carbocycles. The zero-order valence-corrected chi connectivity index (χ0v) is 12.3. The molecule has 1 aromatic heterocycles. The van der Waals surface area contributed by atoms with Crippen LogP contribution in [-0.2, 0) is 19.4 Å². The van der Waals surface area contributed by atoms with Crippen molar-refractivity contribution in [3.63, 3.8) is 0 Å². The lowest BCUT2D eigenvalue weighted by Crippen LogP contribution is -2.27. The van der Waals surface area contributed by atoms with Crippen LogP contribution in [0.5, 0.6) is 0 Å². The molecule has 3 nitrogen and oxygen atoms in total. The van der Waals surface area contributed by atoms with Crippen LogP contribution in [0.1, 0.15) is 18.3 Å². The highest BCUT2D eigenvalue weighted by Crippen LogP contribution is 2.22. The molecule has 0 fully saturated rings. The molecule has 1 unspecified atom stereocenters. The highest BCUT2D eigenvalue weighted by Gasteiger charge is 2.11. The molecule has 0 aliphatic heterocycles. The molecule has 0 radical (unpaired) electrons. The number of nitrogens with zero attached hydrogens (tertiary/aromatic N) is 2. The van der Waals surface area contributed by atoms with Gasteiger partial charge in [0.05, 0.1) is 0 Å². The average molecular weight is 298 g/mol. The normalized spacial score (nSPS) is 12.6.